The molecule has 1 fully saturated rings. The molecule has 1 aliphatic carbocycles. The number of nitro benzene ring substituents is 1. The van der Waals surface area contributed by atoms with Gasteiger partial charge in [0, 0.05) is 49.3 Å². The lowest BCUT2D eigenvalue weighted by Crippen LogP contribution is -2.57. The number of rotatable bonds is 10. The summed E-state index contributed by atoms with van der Waals surface area (Å²) in [6, 6.07) is 20.1. The van der Waals surface area contributed by atoms with Gasteiger partial charge in [-0.3, -0.25) is 19.8 Å². The fourth-order valence-electron chi connectivity index (χ4n) is 6.64. The van der Waals surface area contributed by atoms with E-state index in [1.165, 1.54) is 23.1 Å². The number of hydrogen-bond donors (Lipinski definition) is 3. The number of benzene rings is 3. The smallest absolute Gasteiger partial charge is 0.408 e. The first kappa shape index (κ1) is 33.2. The van der Waals surface area contributed by atoms with Gasteiger partial charge in [-0.15, -0.1) is 0 Å². The molecule has 12 heteroatoms. The summed E-state index contributed by atoms with van der Waals surface area (Å²) in [5, 5.41) is 27.5. The van der Waals surface area contributed by atoms with Gasteiger partial charge in [-0.25, -0.2) is 9.59 Å². The third kappa shape index (κ3) is 7.48. The van der Waals surface area contributed by atoms with Crippen LogP contribution in [-0.2, 0) is 4.74 Å². The van der Waals surface area contributed by atoms with Gasteiger partial charge in [0.2, 0.25) is 0 Å². The molecule has 12 nitrogen and oxygen atoms in total. The Morgan fingerprint density at radius 3 is 2.30 bits per heavy atom. The molecule has 3 aromatic rings. The van der Waals surface area contributed by atoms with E-state index in [-0.39, 0.29) is 48.0 Å². The summed E-state index contributed by atoms with van der Waals surface area (Å²) in [5.74, 6) is -0.416. The molecule has 1 atom stereocenters. The van der Waals surface area contributed by atoms with E-state index in [1.54, 1.807) is 4.90 Å². The number of alkyl carbamates (subject to hydrolysis) is 1. The molecular weight excluding hydrogens is 602 g/mol. The van der Waals surface area contributed by atoms with E-state index >= 15 is 0 Å². The molecule has 1 aliphatic heterocycles. The van der Waals surface area contributed by atoms with Gasteiger partial charge >= 0.3 is 12.2 Å². The summed E-state index contributed by atoms with van der Waals surface area (Å²) in [5.41, 5.74) is 4.11. The molecule has 0 radical (unpaired) electrons. The standard InChI is InChI=1S/C35H41N5O7/c1-35(2,3)39(34(43)44)24-10-8-19-38(21-24)32(41)23-15-16-30(31(20-23)40(45)46)36-17-9-18-37-33(42)47-22-29-27-13-6-4-11-25(27)26-12-5-7-14-28(26)29/h4-7,11-16,20,24,29,36H,8-10,17-19,21-22H2,1-3H3,(H,37,42)(H,43,44)/t24-/m1/s1. The second-order valence-electron chi connectivity index (χ2n) is 12.9. The lowest BCUT2D eigenvalue weighted by molar-refractivity contribution is -0.384. The summed E-state index contributed by atoms with van der Waals surface area (Å²) in [7, 11) is 0. The summed E-state index contributed by atoms with van der Waals surface area (Å²) in [6.07, 6.45) is 0.158. The van der Waals surface area contributed by atoms with Crippen LogP contribution in [0.25, 0.3) is 11.1 Å². The maximum absolute atomic E-state index is 13.4. The van der Waals surface area contributed by atoms with E-state index in [2.05, 4.69) is 34.9 Å². The SMILES string of the molecule is CC(C)(C)N(C(=O)O)[C@@H]1CCCN(C(=O)c2ccc(NCCCNC(=O)OCC3c4ccccc4-c4ccccc43)c([N+](=O)[O-])c2)C1. The maximum Gasteiger partial charge on any atom is 0.408 e. The Morgan fingerprint density at radius 2 is 1.68 bits per heavy atom. The molecule has 248 valence electrons. The zero-order chi connectivity index (χ0) is 33.7. The molecule has 0 bridgehead atoms. The highest BCUT2D eigenvalue weighted by atomic mass is 16.6. The molecule has 5 rings (SSSR count). The minimum absolute atomic E-state index is 0.0375. The van der Waals surface area contributed by atoms with Crippen molar-refractivity contribution < 1.29 is 29.2 Å². The zero-order valence-corrected chi connectivity index (χ0v) is 26.9. The number of carbonyl (C=O) groups excluding carboxylic acids is 2. The van der Waals surface area contributed by atoms with Crippen molar-refractivity contribution in [3.05, 3.63) is 93.5 Å². The highest BCUT2D eigenvalue weighted by Crippen LogP contribution is 2.44. The van der Waals surface area contributed by atoms with Crippen molar-refractivity contribution in [2.24, 2.45) is 0 Å². The van der Waals surface area contributed by atoms with E-state index in [0.717, 1.165) is 22.3 Å². The van der Waals surface area contributed by atoms with Crippen molar-refractivity contribution in [1.82, 2.24) is 15.1 Å². The lowest BCUT2D eigenvalue weighted by Gasteiger charge is -2.44. The maximum atomic E-state index is 13.4. The normalized spacial score (nSPS) is 15.7. The van der Waals surface area contributed by atoms with E-state index < -0.39 is 22.6 Å². The third-order valence-electron chi connectivity index (χ3n) is 8.70. The van der Waals surface area contributed by atoms with E-state index in [4.69, 9.17) is 4.74 Å². The Labute approximate surface area is 273 Å². The van der Waals surface area contributed by atoms with Crippen LogP contribution in [0.15, 0.2) is 66.7 Å². The summed E-state index contributed by atoms with van der Waals surface area (Å²) >= 11 is 0. The lowest BCUT2D eigenvalue weighted by atomic mass is 9.97. The van der Waals surface area contributed by atoms with Crippen LogP contribution in [0.1, 0.15) is 67.4 Å². The zero-order valence-electron chi connectivity index (χ0n) is 26.9. The minimum atomic E-state index is -1.05. The van der Waals surface area contributed by atoms with Gasteiger partial charge in [0.05, 0.1) is 11.0 Å². The van der Waals surface area contributed by atoms with E-state index in [0.29, 0.717) is 38.9 Å². The molecule has 3 amide bonds. The minimum Gasteiger partial charge on any atom is -0.465 e. The van der Waals surface area contributed by atoms with Crippen molar-refractivity contribution in [2.75, 3.05) is 38.1 Å². The highest BCUT2D eigenvalue weighted by Gasteiger charge is 2.37. The molecule has 0 spiro atoms. The van der Waals surface area contributed by atoms with Crippen molar-refractivity contribution in [2.45, 2.75) is 57.5 Å². The molecule has 1 saturated heterocycles. The van der Waals surface area contributed by atoms with Crippen LogP contribution in [0.5, 0.6) is 0 Å². The Balaban J connectivity index is 1.11. The van der Waals surface area contributed by atoms with Gasteiger partial charge in [-0.1, -0.05) is 48.5 Å². The first-order valence-corrected chi connectivity index (χ1v) is 15.9. The molecule has 47 heavy (non-hydrogen) atoms. The molecule has 1 heterocycles. The number of carbonyl (C=O) groups is 3. The van der Waals surface area contributed by atoms with Crippen LogP contribution in [0.4, 0.5) is 21.0 Å². The molecule has 0 aromatic heterocycles. The molecule has 0 saturated carbocycles. The topological polar surface area (TPSA) is 154 Å². The van der Waals surface area contributed by atoms with Crippen LogP contribution in [-0.4, -0.2) is 82.3 Å². The Kier molecular flexibility index (Phi) is 9.97. The number of nitro groups is 1. The van der Waals surface area contributed by atoms with Gasteiger partial charge in [0.25, 0.3) is 11.6 Å². The average molecular weight is 644 g/mol. The summed E-state index contributed by atoms with van der Waals surface area (Å²) in [6.45, 7) is 6.94. The van der Waals surface area contributed by atoms with Crippen molar-refractivity contribution in [1.29, 1.82) is 0 Å². The number of fused-ring (bicyclic) bond motifs is 3. The van der Waals surface area contributed by atoms with Gasteiger partial charge in [-0.2, -0.15) is 0 Å². The number of carboxylic acid groups (broad SMARTS) is 1. The Morgan fingerprint density at radius 1 is 1.02 bits per heavy atom. The number of likely N-dealkylation sites (tertiary alicyclic amines) is 1. The van der Waals surface area contributed by atoms with Crippen LogP contribution >= 0.6 is 0 Å². The quantitative estimate of drug-likeness (QED) is 0.132. The second-order valence-corrected chi connectivity index (χ2v) is 12.9. The predicted molar refractivity (Wildman–Crippen MR) is 178 cm³/mol. The van der Waals surface area contributed by atoms with Crippen molar-refractivity contribution in [3.8, 4) is 11.1 Å². The molecule has 2 aliphatic rings. The first-order valence-electron chi connectivity index (χ1n) is 15.9. The van der Waals surface area contributed by atoms with Crippen LogP contribution < -0.4 is 10.6 Å². The Bertz CT molecular complexity index is 1610. The van der Waals surface area contributed by atoms with E-state index in [1.807, 2.05) is 45.0 Å². The molecule has 3 aromatic carbocycles. The largest absolute Gasteiger partial charge is 0.465 e. The summed E-state index contributed by atoms with van der Waals surface area (Å²) in [4.78, 5) is 52.1. The number of piperidine rings is 1. The monoisotopic (exact) mass is 643 g/mol. The van der Waals surface area contributed by atoms with Gasteiger partial charge in [-0.05, 0) is 74.4 Å². The predicted octanol–water partition coefficient (Wildman–Crippen LogP) is 6.32. The Hall–Kier alpha value is -5.13. The van der Waals surface area contributed by atoms with Crippen LogP contribution in [0.3, 0.4) is 0 Å². The number of nitrogens with one attached hydrogen (secondary N) is 2. The number of amides is 3. The number of nitrogens with zero attached hydrogens (tertiary/aromatic N) is 3. The van der Waals surface area contributed by atoms with Gasteiger partial charge < -0.3 is 25.4 Å². The van der Waals surface area contributed by atoms with Gasteiger partial charge in [0.15, 0.2) is 0 Å². The van der Waals surface area contributed by atoms with Crippen molar-refractivity contribution >= 4 is 29.5 Å². The third-order valence-corrected chi connectivity index (χ3v) is 8.70. The fraction of sp³-hybridized carbons (Fsp3) is 0.400. The second kappa shape index (κ2) is 14.1. The molecule has 3 N–H and O–H groups in total. The van der Waals surface area contributed by atoms with Crippen LogP contribution in [0.2, 0.25) is 0 Å². The van der Waals surface area contributed by atoms with Gasteiger partial charge in [0.1, 0.15) is 12.3 Å². The molecule has 0 unspecified atom stereocenters. The average Bonchev–Trinajstić information content (AvgIpc) is 3.36. The van der Waals surface area contributed by atoms with Crippen molar-refractivity contribution in [3.63, 3.8) is 0 Å². The molecular formula is C35H41N5O7. The summed E-state index contributed by atoms with van der Waals surface area (Å²) < 4.78 is 5.56. The van der Waals surface area contributed by atoms with E-state index in [9.17, 15) is 29.6 Å². The van der Waals surface area contributed by atoms with Crippen LogP contribution in [0, 0.1) is 10.1 Å². The first-order chi connectivity index (χ1) is 22.5. The highest BCUT2D eigenvalue weighted by molar-refractivity contribution is 5.96. The fourth-order valence-corrected chi connectivity index (χ4v) is 6.64. The number of ether oxygens (including phenoxy) is 1. The number of hydrogen-bond acceptors (Lipinski definition) is 7. The number of anilines is 1.